The summed E-state index contributed by atoms with van der Waals surface area (Å²) in [6.45, 7) is 5.57. The molecule has 3 heterocycles. The molecule has 1 aromatic rings. The third-order valence-electron chi connectivity index (χ3n) is 6.38. The molecule has 4 rings (SSSR count). The van der Waals surface area contributed by atoms with Crippen molar-refractivity contribution in [3.05, 3.63) is 35.1 Å². The van der Waals surface area contributed by atoms with Gasteiger partial charge in [0.15, 0.2) is 0 Å². The SMILES string of the molecule is CCC(=O)N1C[C@@H]2[C@H](CNC(=O)c3cc(F)ccc3C)[C@H]3CC[C@]2(C1)O3. The molecule has 2 bridgehead atoms. The topological polar surface area (TPSA) is 58.6 Å². The Morgan fingerprint density at radius 3 is 3.00 bits per heavy atom. The average Bonchev–Trinajstić information content (AvgIpc) is 3.29. The van der Waals surface area contributed by atoms with Crippen LogP contribution in [0.25, 0.3) is 0 Å². The van der Waals surface area contributed by atoms with Gasteiger partial charge in [-0.2, -0.15) is 0 Å². The maximum Gasteiger partial charge on any atom is 0.251 e. The zero-order valence-electron chi connectivity index (χ0n) is 15.3. The van der Waals surface area contributed by atoms with E-state index in [2.05, 4.69) is 5.32 Å². The third-order valence-corrected chi connectivity index (χ3v) is 6.38. The van der Waals surface area contributed by atoms with Crippen molar-refractivity contribution in [2.24, 2.45) is 11.8 Å². The van der Waals surface area contributed by atoms with Crippen LogP contribution in [0.3, 0.4) is 0 Å². The standard InChI is InChI=1S/C20H25FN2O3/c1-3-18(24)23-10-16-15(17-6-7-20(16,11-23)26-17)9-22-19(25)14-8-13(21)5-4-12(14)2/h4-5,8,15-17H,3,6-7,9-11H2,1-2H3,(H,22,25)/t15-,16+,17+,20+/m0/s1. The van der Waals surface area contributed by atoms with E-state index in [1.807, 2.05) is 11.8 Å². The zero-order chi connectivity index (χ0) is 18.5. The molecule has 3 fully saturated rings. The molecule has 2 amide bonds. The summed E-state index contributed by atoms with van der Waals surface area (Å²) in [7, 11) is 0. The Balaban J connectivity index is 1.45. The van der Waals surface area contributed by atoms with Gasteiger partial charge in [-0.25, -0.2) is 4.39 Å². The van der Waals surface area contributed by atoms with Gasteiger partial charge in [-0.3, -0.25) is 9.59 Å². The number of carbonyl (C=O) groups is 2. The number of ether oxygens (including phenoxy) is 1. The van der Waals surface area contributed by atoms with Gasteiger partial charge >= 0.3 is 0 Å². The number of carbonyl (C=O) groups excluding carboxylic acids is 2. The highest BCUT2D eigenvalue weighted by Crippen LogP contribution is 2.54. The van der Waals surface area contributed by atoms with Crippen molar-refractivity contribution in [1.29, 1.82) is 0 Å². The Bertz CT molecular complexity index is 753. The second-order valence-corrected chi connectivity index (χ2v) is 7.83. The number of hydrogen-bond donors (Lipinski definition) is 1. The Hall–Kier alpha value is -1.95. The number of rotatable bonds is 4. The van der Waals surface area contributed by atoms with Crippen LogP contribution >= 0.6 is 0 Å². The first-order chi connectivity index (χ1) is 12.4. The fourth-order valence-electron chi connectivity index (χ4n) is 5.02. The minimum Gasteiger partial charge on any atom is -0.369 e. The molecule has 3 aliphatic heterocycles. The Morgan fingerprint density at radius 2 is 2.23 bits per heavy atom. The summed E-state index contributed by atoms with van der Waals surface area (Å²) in [5.41, 5.74) is 0.905. The van der Waals surface area contributed by atoms with Crippen molar-refractivity contribution in [2.75, 3.05) is 19.6 Å². The van der Waals surface area contributed by atoms with E-state index in [1.54, 1.807) is 13.0 Å². The van der Waals surface area contributed by atoms with E-state index in [1.165, 1.54) is 12.1 Å². The van der Waals surface area contributed by atoms with Gasteiger partial charge in [0.05, 0.1) is 18.2 Å². The normalized spacial score (nSPS) is 32.0. The van der Waals surface area contributed by atoms with Crippen LogP contribution < -0.4 is 5.32 Å². The molecule has 0 radical (unpaired) electrons. The molecule has 0 aliphatic carbocycles. The molecule has 0 unspecified atom stereocenters. The number of likely N-dealkylation sites (tertiary alicyclic amines) is 1. The lowest BCUT2D eigenvalue weighted by Crippen LogP contribution is -2.42. The zero-order valence-corrected chi connectivity index (χ0v) is 15.3. The molecule has 3 saturated heterocycles. The van der Waals surface area contributed by atoms with Gasteiger partial charge in [0.2, 0.25) is 5.91 Å². The second kappa shape index (κ2) is 6.34. The van der Waals surface area contributed by atoms with Gasteiger partial charge < -0.3 is 15.0 Å². The highest BCUT2D eigenvalue weighted by atomic mass is 19.1. The minimum absolute atomic E-state index is 0.146. The van der Waals surface area contributed by atoms with Crippen molar-refractivity contribution < 1.29 is 18.7 Å². The first-order valence-electron chi connectivity index (χ1n) is 9.43. The van der Waals surface area contributed by atoms with Crippen LogP contribution in [0, 0.1) is 24.6 Å². The molecular weight excluding hydrogens is 335 g/mol. The Kier molecular flexibility index (Phi) is 4.26. The van der Waals surface area contributed by atoms with E-state index in [4.69, 9.17) is 4.74 Å². The van der Waals surface area contributed by atoms with Crippen LogP contribution in [0.5, 0.6) is 0 Å². The molecule has 0 saturated carbocycles. The van der Waals surface area contributed by atoms with Crippen molar-refractivity contribution >= 4 is 11.8 Å². The van der Waals surface area contributed by atoms with E-state index >= 15 is 0 Å². The van der Waals surface area contributed by atoms with Gasteiger partial charge in [0.1, 0.15) is 5.82 Å². The van der Waals surface area contributed by atoms with E-state index < -0.39 is 5.82 Å². The lowest BCUT2D eigenvalue weighted by molar-refractivity contribution is -0.131. The van der Waals surface area contributed by atoms with Crippen molar-refractivity contribution in [3.63, 3.8) is 0 Å². The first-order valence-corrected chi connectivity index (χ1v) is 9.43. The molecular formula is C20H25FN2O3. The molecule has 1 N–H and O–H groups in total. The maximum absolute atomic E-state index is 13.5. The molecule has 6 heteroatoms. The maximum atomic E-state index is 13.5. The Labute approximate surface area is 152 Å². The molecule has 140 valence electrons. The lowest BCUT2D eigenvalue weighted by atomic mass is 9.73. The van der Waals surface area contributed by atoms with Crippen LogP contribution in [0.1, 0.15) is 42.1 Å². The van der Waals surface area contributed by atoms with Crippen LogP contribution in [-0.4, -0.2) is 48.1 Å². The van der Waals surface area contributed by atoms with Crippen LogP contribution in [0.4, 0.5) is 4.39 Å². The number of aryl methyl sites for hydroxylation is 1. The van der Waals surface area contributed by atoms with Gasteiger partial charge in [0, 0.05) is 36.9 Å². The van der Waals surface area contributed by atoms with Crippen LogP contribution in [0.2, 0.25) is 0 Å². The fraction of sp³-hybridized carbons (Fsp3) is 0.600. The minimum atomic E-state index is -0.410. The summed E-state index contributed by atoms with van der Waals surface area (Å²) in [5, 5.41) is 2.97. The monoisotopic (exact) mass is 360 g/mol. The van der Waals surface area contributed by atoms with Crippen molar-refractivity contribution in [3.8, 4) is 0 Å². The number of benzene rings is 1. The molecule has 3 aliphatic rings. The van der Waals surface area contributed by atoms with E-state index in [9.17, 15) is 14.0 Å². The summed E-state index contributed by atoms with van der Waals surface area (Å²) >= 11 is 0. The van der Waals surface area contributed by atoms with E-state index in [-0.39, 0.29) is 35.4 Å². The summed E-state index contributed by atoms with van der Waals surface area (Å²) in [6.07, 6.45) is 2.62. The molecule has 0 aromatic heterocycles. The van der Waals surface area contributed by atoms with Crippen molar-refractivity contribution in [1.82, 2.24) is 10.2 Å². The number of amides is 2. The molecule has 1 spiro atoms. The van der Waals surface area contributed by atoms with Gasteiger partial charge in [-0.15, -0.1) is 0 Å². The largest absolute Gasteiger partial charge is 0.369 e. The van der Waals surface area contributed by atoms with Crippen LogP contribution in [0.15, 0.2) is 18.2 Å². The van der Waals surface area contributed by atoms with Gasteiger partial charge in [-0.1, -0.05) is 13.0 Å². The highest BCUT2D eigenvalue weighted by molar-refractivity contribution is 5.95. The smallest absolute Gasteiger partial charge is 0.251 e. The summed E-state index contributed by atoms with van der Waals surface area (Å²) < 4.78 is 19.8. The summed E-state index contributed by atoms with van der Waals surface area (Å²) in [4.78, 5) is 26.5. The summed E-state index contributed by atoms with van der Waals surface area (Å²) in [6, 6.07) is 4.25. The third kappa shape index (κ3) is 2.71. The summed E-state index contributed by atoms with van der Waals surface area (Å²) in [5.74, 6) is -0.0216. The fourth-order valence-corrected chi connectivity index (χ4v) is 5.02. The molecule has 26 heavy (non-hydrogen) atoms. The predicted octanol–water partition coefficient (Wildman–Crippen LogP) is 2.28. The van der Waals surface area contributed by atoms with Crippen molar-refractivity contribution in [2.45, 2.75) is 44.8 Å². The number of nitrogens with one attached hydrogen (secondary N) is 1. The second-order valence-electron chi connectivity index (χ2n) is 7.83. The molecule has 1 aromatic carbocycles. The quantitative estimate of drug-likeness (QED) is 0.896. The number of halogens is 1. The number of fused-ring (bicyclic) bond motifs is 1. The average molecular weight is 360 g/mol. The van der Waals surface area contributed by atoms with E-state index in [0.29, 0.717) is 31.6 Å². The number of nitrogens with zero attached hydrogens (tertiary/aromatic N) is 1. The highest BCUT2D eigenvalue weighted by Gasteiger charge is 2.63. The molecule has 4 atom stereocenters. The lowest BCUT2D eigenvalue weighted by Gasteiger charge is -2.29. The van der Waals surface area contributed by atoms with Gasteiger partial charge in [-0.05, 0) is 37.5 Å². The van der Waals surface area contributed by atoms with E-state index in [0.717, 1.165) is 18.4 Å². The number of hydrogen-bond acceptors (Lipinski definition) is 3. The first kappa shape index (κ1) is 17.5. The van der Waals surface area contributed by atoms with Gasteiger partial charge in [0.25, 0.3) is 5.91 Å². The predicted molar refractivity (Wildman–Crippen MR) is 94.2 cm³/mol. The van der Waals surface area contributed by atoms with Crippen LogP contribution in [-0.2, 0) is 9.53 Å². The molecule has 5 nitrogen and oxygen atoms in total. The Morgan fingerprint density at radius 1 is 1.42 bits per heavy atom.